The Labute approximate surface area is 99.4 Å². The molecule has 3 heteroatoms. The highest BCUT2D eigenvalue weighted by molar-refractivity contribution is 5.75. The zero-order valence-electron chi connectivity index (χ0n) is 10.9. The Morgan fingerprint density at radius 1 is 1.50 bits per heavy atom. The molecule has 0 aromatic rings. The van der Waals surface area contributed by atoms with Gasteiger partial charge in [0.2, 0.25) is 5.91 Å². The van der Waals surface area contributed by atoms with Gasteiger partial charge < -0.3 is 10.6 Å². The van der Waals surface area contributed by atoms with Gasteiger partial charge in [-0.1, -0.05) is 20.8 Å². The van der Waals surface area contributed by atoms with Gasteiger partial charge in [-0.2, -0.15) is 0 Å². The maximum atomic E-state index is 11.6. The van der Waals surface area contributed by atoms with Crippen LogP contribution >= 0.6 is 0 Å². The first-order chi connectivity index (χ1) is 7.52. The van der Waals surface area contributed by atoms with Crippen LogP contribution in [0.5, 0.6) is 0 Å². The van der Waals surface area contributed by atoms with E-state index in [0.29, 0.717) is 12.3 Å². The fourth-order valence-electron chi connectivity index (χ4n) is 2.09. The number of rotatable bonds is 5. The van der Waals surface area contributed by atoms with Crippen LogP contribution < -0.4 is 10.6 Å². The molecule has 94 valence electrons. The molecule has 0 aromatic heterocycles. The lowest BCUT2D eigenvalue weighted by Gasteiger charge is -2.34. The van der Waals surface area contributed by atoms with Gasteiger partial charge in [0.1, 0.15) is 0 Å². The van der Waals surface area contributed by atoms with E-state index in [2.05, 4.69) is 31.4 Å². The zero-order chi connectivity index (χ0) is 12.0. The molecule has 0 aliphatic carbocycles. The Morgan fingerprint density at radius 2 is 2.25 bits per heavy atom. The third kappa shape index (κ3) is 4.97. The van der Waals surface area contributed by atoms with Gasteiger partial charge in [0, 0.05) is 19.5 Å². The van der Waals surface area contributed by atoms with Crippen molar-refractivity contribution in [2.24, 2.45) is 11.3 Å². The minimum absolute atomic E-state index is 0.209. The third-order valence-electron chi connectivity index (χ3n) is 3.35. The van der Waals surface area contributed by atoms with E-state index in [-0.39, 0.29) is 11.3 Å². The first-order valence-electron chi connectivity index (χ1n) is 6.49. The van der Waals surface area contributed by atoms with Crippen molar-refractivity contribution >= 4 is 5.91 Å². The highest BCUT2D eigenvalue weighted by atomic mass is 16.1. The molecular weight excluding hydrogens is 200 g/mol. The van der Waals surface area contributed by atoms with E-state index < -0.39 is 0 Å². The van der Waals surface area contributed by atoms with E-state index in [1.54, 1.807) is 0 Å². The first kappa shape index (κ1) is 13.5. The lowest BCUT2D eigenvalue weighted by molar-refractivity contribution is -0.121. The summed E-state index contributed by atoms with van der Waals surface area (Å²) in [6.07, 6.45) is 4.09. The van der Waals surface area contributed by atoms with Crippen molar-refractivity contribution in [3.05, 3.63) is 0 Å². The predicted molar refractivity (Wildman–Crippen MR) is 67.3 cm³/mol. The van der Waals surface area contributed by atoms with Gasteiger partial charge >= 0.3 is 0 Å². The molecule has 1 fully saturated rings. The summed E-state index contributed by atoms with van der Waals surface area (Å²) >= 11 is 0. The van der Waals surface area contributed by atoms with Crippen LogP contribution in [0.15, 0.2) is 0 Å². The molecule has 0 spiro atoms. The molecule has 2 N–H and O–H groups in total. The highest BCUT2D eigenvalue weighted by Crippen LogP contribution is 2.24. The molecule has 0 aromatic carbocycles. The standard InChI is InChI=1S/C13H26N2O/c1-11(2)5-6-12(16)15-10-13(3)7-4-8-14-9-13/h11,14H,4-10H2,1-3H3,(H,15,16). The van der Waals surface area contributed by atoms with Crippen LogP contribution in [0.2, 0.25) is 0 Å². The number of nitrogens with one attached hydrogen (secondary N) is 2. The maximum Gasteiger partial charge on any atom is 0.220 e. The second-order valence-corrected chi connectivity index (χ2v) is 5.80. The average Bonchev–Trinajstić information content (AvgIpc) is 2.25. The lowest BCUT2D eigenvalue weighted by atomic mass is 9.83. The summed E-state index contributed by atoms with van der Waals surface area (Å²) in [4.78, 5) is 11.6. The molecule has 3 nitrogen and oxygen atoms in total. The fourth-order valence-corrected chi connectivity index (χ4v) is 2.09. The molecule has 0 bridgehead atoms. The summed E-state index contributed by atoms with van der Waals surface area (Å²) in [6, 6.07) is 0. The number of piperidine rings is 1. The Bertz CT molecular complexity index is 220. The molecule has 1 rings (SSSR count). The largest absolute Gasteiger partial charge is 0.356 e. The summed E-state index contributed by atoms with van der Waals surface area (Å²) in [7, 11) is 0. The van der Waals surface area contributed by atoms with Crippen molar-refractivity contribution < 1.29 is 4.79 Å². The Kier molecular flexibility index (Phi) is 5.26. The smallest absolute Gasteiger partial charge is 0.220 e. The van der Waals surface area contributed by atoms with Crippen molar-refractivity contribution in [2.45, 2.75) is 46.5 Å². The van der Waals surface area contributed by atoms with E-state index in [4.69, 9.17) is 0 Å². The monoisotopic (exact) mass is 226 g/mol. The first-order valence-corrected chi connectivity index (χ1v) is 6.49. The van der Waals surface area contributed by atoms with Crippen molar-refractivity contribution in [3.8, 4) is 0 Å². The zero-order valence-corrected chi connectivity index (χ0v) is 10.9. The maximum absolute atomic E-state index is 11.6. The summed E-state index contributed by atoms with van der Waals surface area (Å²) in [5, 5.41) is 6.47. The minimum Gasteiger partial charge on any atom is -0.356 e. The van der Waals surface area contributed by atoms with Gasteiger partial charge in [0.05, 0.1) is 0 Å². The van der Waals surface area contributed by atoms with Crippen LogP contribution in [0.4, 0.5) is 0 Å². The molecule has 1 amide bonds. The molecule has 0 radical (unpaired) electrons. The van der Waals surface area contributed by atoms with Gasteiger partial charge in [-0.05, 0) is 37.1 Å². The van der Waals surface area contributed by atoms with Crippen molar-refractivity contribution in [1.82, 2.24) is 10.6 Å². The van der Waals surface area contributed by atoms with Crippen LogP contribution in [0, 0.1) is 11.3 Å². The van der Waals surface area contributed by atoms with E-state index in [9.17, 15) is 4.79 Å². The molecule has 0 saturated carbocycles. The van der Waals surface area contributed by atoms with Crippen LogP contribution in [0.25, 0.3) is 0 Å². The van der Waals surface area contributed by atoms with Gasteiger partial charge in [0.25, 0.3) is 0 Å². The Hall–Kier alpha value is -0.570. The van der Waals surface area contributed by atoms with E-state index >= 15 is 0 Å². The van der Waals surface area contributed by atoms with Crippen LogP contribution in [-0.4, -0.2) is 25.5 Å². The molecule has 16 heavy (non-hydrogen) atoms. The topological polar surface area (TPSA) is 41.1 Å². The van der Waals surface area contributed by atoms with Crippen molar-refractivity contribution in [2.75, 3.05) is 19.6 Å². The molecule has 1 unspecified atom stereocenters. The molecule has 1 aliphatic heterocycles. The SMILES string of the molecule is CC(C)CCC(=O)NCC1(C)CCCNC1. The number of carbonyl (C=O) groups is 1. The summed E-state index contributed by atoms with van der Waals surface area (Å²) < 4.78 is 0. The van der Waals surface area contributed by atoms with E-state index in [0.717, 1.165) is 26.1 Å². The van der Waals surface area contributed by atoms with Gasteiger partial charge in [-0.3, -0.25) is 4.79 Å². The second kappa shape index (κ2) is 6.24. The minimum atomic E-state index is 0.209. The van der Waals surface area contributed by atoms with Crippen molar-refractivity contribution in [3.63, 3.8) is 0 Å². The third-order valence-corrected chi connectivity index (χ3v) is 3.35. The van der Waals surface area contributed by atoms with Gasteiger partial charge in [0.15, 0.2) is 0 Å². The Morgan fingerprint density at radius 3 is 2.81 bits per heavy atom. The van der Waals surface area contributed by atoms with Crippen LogP contribution in [0.3, 0.4) is 0 Å². The molecule has 1 aliphatic rings. The Balaban J connectivity index is 2.19. The number of amides is 1. The van der Waals surface area contributed by atoms with Crippen LogP contribution in [0.1, 0.15) is 46.5 Å². The summed E-state index contributed by atoms with van der Waals surface area (Å²) in [5.74, 6) is 0.818. The number of hydrogen-bond acceptors (Lipinski definition) is 2. The summed E-state index contributed by atoms with van der Waals surface area (Å²) in [6.45, 7) is 9.52. The molecule has 1 saturated heterocycles. The highest BCUT2D eigenvalue weighted by Gasteiger charge is 2.26. The van der Waals surface area contributed by atoms with Crippen LogP contribution in [-0.2, 0) is 4.79 Å². The molecule has 1 atom stereocenters. The van der Waals surface area contributed by atoms with E-state index in [1.807, 2.05) is 0 Å². The normalized spacial score (nSPS) is 25.8. The molecule has 1 heterocycles. The lowest BCUT2D eigenvalue weighted by Crippen LogP contribution is -2.45. The van der Waals surface area contributed by atoms with Gasteiger partial charge in [-0.15, -0.1) is 0 Å². The fraction of sp³-hybridized carbons (Fsp3) is 0.923. The second-order valence-electron chi connectivity index (χ2n) is 5.80. The average molecular weight is 226 g/mol. The molecular formula is C13H26N2O. The summed E-state index contributed by atoms with van der Waals surface area (Å²) in [5.41, 5.74) is 0.256. The quantitative estimate of drug-likeness (QED) is 0.752. The number of carbonyl (C=O) groups excluding carboxylic acids is 1. The van der Waals surface area contributed by atoms with E-state index in [1.165, 1.54) is 12.8 Å². The predicted octanol–water partition coefficient (Wildman–Crippen LogP) is 1.93. The number of hydrogen-bond donors (Lipinski definition) is 2. The van der Waals surface area contributed by atoms with Crippen molar-refractivity contribution in [1.29, 1.82) is 0 Å². The van der Waals surface area contributed by atoms with Gasteiger partial charge in [-0.25, -0.2) is 0 Å².